The van der Waals surface area contributed by atoms with Gasteiger partial charge in [0.1, 0.15) is 30.5 Å². The van der Waals surface area contributed by atoms with Crippen molar-refractivity contribution in [1.82, 2.24) is 5.32 Å². The Bertz CT molecular complexity index is 1040. The van der Waals surface area contributed by atoms with E-state index in [0.717, 1.165) is 0 Å². The second-order valence-electron chi connectivity index (χ2n) is 14.3. The third-order valence-corrected chi connectivity index (χ3v) is 9.12. The number of Topliss-reactive ketones (excluding diaryl/α,β-unsaturated/α-hetero) is 1. The molecule has 0 bridgehead atoms. The summed E-state index contributed by atoms with van der Waals surface area (Å²) in [7, 11) is 0. The summed E-state index contributed by atoms with van der Waals surface area (Å²) in [6.07, 6.45) is -14.9. The Kier molecular flexibility index (Phi) is 15.3. The third kappa shape index (κ3) is 10.7. The highest BCUT2D eigenvalue weighted by molar-refractivity contribution is 5.83. The van der Waals surface area contributed by atoms with Crippen LogP contribution in [0.3, 0.4) is 0 Å². The minimum Gasteiger partial charge on any atom is -0.394 e. The molecule has 0 aromatic rings. The number of alkyl halides is 1. The SMILES string of the molecule is CC(C)(C)CCN=C(N)NC1[C@@H](O)C(OC2[C@H](CC(=O)[C@@H](O)CCN)CC(N)[C@@H](O[C@H]3OC(CN)[C@@H](O)CC3N)[C@@H]2F)O[C@H](CO)[C@H]1O. The Morgan fingerprint density at radius 3 is 2.27 bits per heavy atom. The lowest BCUT2D eigenvalue weighted by molar-refractivity contribution is -0.315. The number of guanidine groups is 1. The first-order chi connectivity index (χ1) is 22.5. The summed E-state index contributed by atoms with van der Waals surface area (Å²) in [4.78, 5) is 17.2. The number of aliphatic hydroxyl groups is 5. The van der Waals surface area contributed by atoms with Crippen molar-refractivity contribution in [3.05, 3.63) is 0 Å². The van der Waals surface area contributed by atoms with Crippen molar-refractivity contribution < 1.29 is 53.7 Å². The highest BCUT2D eigenvalue weighted by atomic mass is 19.1. The molecule has 1 aliphatic carbocycles. The average Bonchev–Trinajstić information content (AvgIpc) is 3.00. The number of aliphatic imine (C=N–C) groups is 1. The van der Waals surface area contributed by atoms with Gasteiger partial charge in [-0.3, -0.25) is 9.79 Å². The van der Waals surface area contributed by atoms with E-state index in [0.29, 0.717) is 13.0 Å². The quantitative estimate of drug-likeness (QED) is 0.0610. The molecule has 48 heavy (non-hydrogen) atoms. The molecule has 0 spiro atoms. The van der Waals surface area contributed by atoms with Crippen molar-refractivity contribution in [2.24, 2.45) is 45.0 Å². The van der Waals surface area contributed by atoms with Crippen LogP contribution in [0.4, 0.5) is 4.39 Å². The minimum atomic E-state index is -2.05. The highest BCUT2D eigenvalue weighted by Crippen LogP contribution is 2.37. The minimum absolute atomic E-state index is 0.00835. The Balaban J connectivity index is 1.86. The zero-order chi connectivity index (χ0) is 35.9. The molecule has 2 aliphatic heterocycles. The number of aliphatic hydroxyl groups excluding tert-OH is 5. The van der Waals surface area contributed by atoms with Gasteiger partial charge in [0.15, 0.2) is 30.5 Å². The van der Waals surface area contributed by atoms with Crippen LogP contribution in [-0.2, 0) is 23.7 Å². The molecule has 17 nitrogen and oxygen atoms in total. The van der Waals surface area contributed by atoms with Gasteiger partial charge in [0, 0.05) is 25.6 Å². The lowest BCUT2D eigenvalue weighted by Crippen LogP contribution is -2.67. The second kappa shape index (κ2) is 18.0. The molecule has 1 saturated carbocycles. The molecule has 6 unspecified atom stereocenters. The monoisotopic (exact) mass is 695 g/mol. The molecule has 0 amide bonds. The first-order valence-electron chi connectivity index (χ1n) is 16.6. The van der Waals surface area contributed by atoms with E-state index in [4.69, 9.17) is 47.6 Å². The van der Waals surface area contributed by atoms with Crippen molar-refractivity contribution in [2.45, 2.75) is 139 Å². The predicted molar refractivity (Wildman–Crippen MR) is 172 cm³/mol. The van der Waals surface area contributed by atoms with Gasteiger partial charge in [-0.15, -0.1) is 0 Å². The first-order valence-corrected chi connectivity index (χ1v) is 16.6. The fourth-order valence-corrected chi connectivity index (χ4v) is 6.24. The Labute approximate surface area is 280 Å². The molecule has 3 fully saturated rings. The normalized spacial score (nSPS) is 40.4. The fraction of sp³-hybridized carbons (Fsp3) is 0.933. The number of hydrogen-bond donors (Lipinski definition) is 11. The van der Waals surface area contributed by atoms with Crippen molar-refractivity contribution in [3.8, 4) is 0 Å². The Morgan fingerprint density at radius 1 is 1.02 bits per heavy atom. The van der Waals surface area contributed by atoms with Crippen molar-refractivity contribution >= 4 is 11.7 Å². The number of carbonyl (C=O) groups excluding carboxylic acids is 1. The van der Waals surface area contributed by atoms with Crippen LogP contribution < -0.4 is 34.0 Å². The number of nitrogens with two attached hydrogens (primary N) is 5. The van der Waals surface area contributed by atoms with Crippen molar-refractivity contribution in [3.63, 3.8) is 0 Å². The van der Waals surface area contributed by atoms with Crippen LogP contribution in [0.15, 0.2) is 4.99 Å². The van der Waals surface area contributed by atoms with Crippen molar-refractivity contribution in [1.29, 1.82) is 0 Å². The number of ether oxygens (including phenoxy) is 4. The summed E-state index contributed by atoms with van der Waals surface area (Å²) in [5.74, 6) is -1.62. The molecule has 3 aliphatic rings. The molecule has 2 heterocycles. The van der Waals surface area contributed by atoms with Gasteiger partial charge in [0.2, 0.25) is 0 Å². The summed E-state index contributed by atoms with van der Waals surface area (Å²) in [5.41, 5.74) is 29.8. The molecule has 280 valence electrons. The summed E-state index contributed by atoms with van der Waals surface area (Å²) >= 11 is 0. The standard InChI is InChI=1S/C30H58FN7O10/c1-30(2,3)5-7-37-29(36)38-22-23(43)20(12-39)46-28(24(22)44)47-25-13(9-17(41)16(40)4-6-32)8-14(34)26(21(25)31)48-27-15(35)10-18(42)19(11-33)45-27/h13-16,18-28,39-40,42-44H,4-12,32-35H2,1-3H3,(H3,36,37,38)/t13-,14?,15?,16-,18-,19?,20+,21+,22?,23+,24+,25?,26+,27+,28?/m0/s1. The zero-order valence-electron chi connectivity index (χ0n) is 28.0. The zero-order valence-corrected chi connectivity index (χ0v) is 28.0. The molecular formula is C30H58FN7O10. The van der Waals surface area contributed by atoms with E-state index >= 15 is 4.39 Å². The van der Waals surface area contributed by atoms with Gasteiger partial charge < -0.3 is 78.5 Å². The Hall–Kier alpha value is -1.65. The maximum absolute atomic E-state index is 16.6. The Morgan fingerprint density at radius 2 is 1.67 bits per heavy atom. The van der Waals surface area contributed by atoms with Gasteiger partial charge >= 0.3 is 0 Å². The fourth-order valence-electron chi connectivity index (χ4n) is 6.24. The van der Waals surface area contributed by atoms with Gasteiger partial charge in [-0.1, -0.05) is 20.8 Å². The number of nitrogens with zero attached hydrogens (tertiary/aromatic N) is 1. The van der Waals surface area contributed by atoms with E-state index in [1.807, 2.05) is 20.8 Å². The molecule has 0 radical (unpaired) electrons. The van der Waals surface area contributed by atoms with Crippen LogP contribution >= 0.6 is 0 Å². The summed E-state index contributed by atoms with van der Waals surface area (Å²) in [6, 6.07) is -3.09. The summed E-state index contributed by atoms with van der Waals surface area (Å²) in [5, 5.41) is 55.4. The van der Waals surface area contributed by atoms with E-state index in [1.54, 1.807) is 0 Å². The summed E-state index contributed by atoms with van der Waals surface area (Å²) < 4.78 is 40.1. The van der Waals surface area contributed by atoms with Crippen molar-refractivity contribution in [2.75, 3.05) is 26.2 Å². The van der Waals surface area contributed by atoms with E-state index < -0.39 is 104 Å². The van der Waals surface area contributed by atoms with Crippen LogP contribution in [0, 0.1) is 11.3 Å². The summed E-state index contributed by atoms with van der Waals surface area (Å²) in [6.45, 7) is 5.79. The molecule has 2 saturated heterocycles. The predicted octanol–water partition coefficient (Wildman–Crippen LogP) is -3.98. The van der Waals surface area contributed by atoms with E-state index in [2.05, 4.69) is 10.3 Å². The third-order valence-electron chi connectivity index (χ3n) is 9.12. The lowest BCUT2D eigenvalue weighted by Gasteiger charge is -2.48. The average molecular weight is 696 g/mol. The topological polar surface area (TPSA) is 310 Å². The van der Waals surface area contributed by atoms with Gasteiger partial charge in [-0.2, -0.15) is 0 Å². The molecule has 0 aromatic heterocycles. The largest absolute Gasteiger partial charge is 0.394 e. The van der Waals surface area contributed by atoms with Gasteiger partial charge in [0.05, 0.1) is 37.0 Å². The molecular weight excluding hydrogens is 637 g/mol. The smallest absolute Gasteiger partial charge is 0.188 e. The maximum Gasteiger partial charge on any atom is 0.188 e. The molecule has 0 aromatic carbocycles. The van der Waals surface area contributed by atoms with Gasteiger partial charge in [-0.05, 0) is 43.6 Å². The number of rotatable bonds is 14. The lowest BCUT2D eigenvalue weighted by atomic mass is 9.77. The number of ketones is 1. The maximum atomic E-state index is 16.6. The van der Waals surface area contributed by atoms with E-state index in [1.165, 1.54) is 0 Å². The van der Waals surface area contributed by atoms with Crippen LogP contribution in [0.5, 0.6) is 0 Å². The van der Waals surface area contributed by atoms with Gasteiger partial charge in [0.25, 0.3) is 0 Å². The number of carbonyl (C=O) groups is 1. The molecule has 16 N–H and O–H groups in total. The number of halogens is 1. The van der Waals surface area contributed by atoms with Crippen LogP contribution in [0.1, 0.15) is 52.9 Å². The van der Waals surface area contributed by atoms with E-state index in [9.17, 15) is 30.3 Å². The van der Waals surface area contributed by atoms with Crippen LogP contribution in [0.2, 0.25) is 0 Å². The number of hydrogen-bond acceptors (Lipinski definition) is 15. The molecule has 15 atom stereocenters. The second-order valence-corrected chi connectivity index (χ2v) is 14.3. The first kappa shape index (κ1) is 40.8. The van der Waals surface area contributed by atoms with E-state index in [-0.39, 0.29) is 50.1 Å². The molecule has 3 rings (SSSR count). The van der Waals surface area contributed by atoms with Crippen LogP contribution in [-0.4, -0.2) is 149 Å². The van der Waals surface area contributed by atoms with Crippen LogP contribution in [0.25, 0.3) is 0 Å². The van der Waals surface area contributed by atoms with Gasteiger partial charge in [-0.25, -0.2) is 4.39 Å². The number of nitrogens with one attached hydrogen (secondary N) is 1. The highest BCUT2D eigenvalue weighted by Gasteiger charge is 2.52. The molecule has 18 heteroatoms.